The Morgan fingerprint density at radius 3 is 2.48 bits per heavy atom. The highest BCUT2D eigenvalue weighted by Gasteiger charge is 2.13. The predicted octanol–water partition coefficient (Wildman–Crippen LogP) is 2.16. The van der Waals surface area contributed by atoms with Crippen molar-refractivity contribution in [2.75, 3.05) is 12.0 Å². The first-order chi connectivity index (χ1) is 9.79. The van der Waals surface area contributed by atoms with Gasteiger partial charge in [-0.15, -0.1) is 0 Å². The molecule has 6 nitrogen and oxygen atoms in total. The molecule has 21 heavy (non-hydrogen) atoms. The Labute approximate surface area is 121 Å². The Kier molecular flexibility index (Phi) is 3.86. The summed E-state index contributed by atoms with van der Waals surface area (Å²) < 4.78 is 28.5. The number of carbonyl (C=O) groups is 1. The summed E-state index contributed by atoms with van der Waals surface area (Å²) in [5.74, 6) is -0.754. The van der Waals surface area contributed by atoms with Crippen LogP contribution in [0.5, 0.6) is 11.5 Å². The molecule has 0 radical (unpaired) electrons. The van der Waals surface area contributed by atoms with Gasteiger partial charge in [0.05, 0.1) is 16.1 Å². The van der Waals surface area contributed by atoms with Crippen LogP contribution in [0.25, 0.3) is 0 Å². The summed E-state index contributed by atoms with van der Waals surface area (Å²) in [4.78, 5) is 11.1. The van der Waals surface area contributed by atoms with Crippen molar-refractivity contribution in [1.29, 1.82) is 0 Å². The van der Waals surface area contributed by atoms with Gasteiger partial charge in [0.15, 0.2) is 15.6 Å². The van der Waals surface area contributed by atoms with Crippen LogP contribution < -0.4 is 10.5 Å². The van der Waals surface area contributed by atoms with Gasteiger partial charge in [0.25, 0.3) is 0 Å². The molecule has 3 N–H and O–H groups in total. The minimum absolute atomic E-state index is 0.0187. The zero-order valence-electron chi connectivity index (χ0n) is 11.1. The van der Waals surface area contributed by atoms with Gasteiger partial charge in [0.1, 0.15) is 5.75 Å². The van der Waals surface area contributed by atoms with E-state index in [1.807, 2.05) is 0 Å². The van der Waals surface area contributed by atoms with Gasteiger partial charge in [-0.2, -0.15) is 0 Å². The van der Waals surface area contributed by atoms with Crippen molar-refractivity contribution in [3.05, 3.63) is 48.0 Å². The third-order valence-corrected chi connectivity index (χ3v) is 3.87. The van der Waals surface area contributed by atoms with Gasteiger partial charge >= 0.3 is 5.97 Å². The summed E-state index contributed by atoms with van der Waals surface area (Å²) >= 11 is 0. The first-order valence-corrected chi connectivity index (χ1v) is 7.78. The molecule has 7 heteroatoms. The molecule has 2 rings (SSSR count). The number of nitrogens with two attached hydrogens (primary N) is 1. The molecule has 0 aliphatic carbocycles. The number of rotatable bonds is 4. The number of ether oxygens (including phenoxy) is 1. The lowest BCUT2D eigenvalue weighted by atomic mass is 10.1. The van der Waals surface area contributed by atoms with E-state index in [2.05, 4.69) is 0 Å². The van der Waals surface area contributed by atoms with Crippen molar-refractivity contribution >= 4 is 21.5 Å². The normalized spacial score (nSPS) is 11.1. The smallest absolute Gasteiger partial charge is 0.337 e. The Hall–Kier alpha value is -2.54. The topological polar surface area (TPSA) is 107 Å². The van der Waals surface area contributed by atoms with Crippen molar-refractivity contribution < 1.29 is 23.1 Å². The minimum atomic E-state index is -3.35. The van der Waals surface area contributed by atoms with Crippen molar-refractivity contribution in [2.45, 2.75) is 4.90 Å². The van der Waals surface area contributed by atoms with E-state index in [1.165, 1.54) is 36.4 Å². The fourth-order valence-corrected chi connectivity index (χ4v) is 2.37. The van der Waals surface area contributed by atoms with Gasteiger partial charge in [0.2, 0.25) is 0 Å². The van der Waals surface area contributed by atoms with Crippen LogP contribution >= 0.6 is 0 Å². The van der Waals surface area contributed by atoms with Crippen LogP contribution in [-0.2, 0) is 9.84 Å². The maximum absolute atomic E-state index is 11.5. The third-order valence-electron chi connectivity index (χ3n) is 2.76. The number of aromatic carboxylic acids is 1. The SMILES string of the molecule is CS(=O)(=O)c1cccc(Oc2cccc(C(=O)O)c2N)c1. The summed E-state index contributed by atoms with van der Waals surface area (Å²) in [5.41, 5.74) is 5.64. The fourth-order valence-electron chi connectivity index (χ4n) is 1.71. The molecule has 0 heterocycles. The van der Waals surface area contributed by atoms with Gasteiger partial charge in [-0.05, 0) is 30.3 Å². The quantitative estimate of drug-likeness (QED) is 0.838. The fraction of sp³-hybridized carbons (Fsp3) is 0.0714. The molecule has 0 aromatic heterocycles. The van der Waals surface area contributed by atoms with Crippen LogP contribution in [0.1, 0.15) is 10.4 Å². The lowest BCUT2D eigenvalue weighted by Gasteiger charge is -2.10. The van der Waals surface area contributed by atoms with E-state index in [0.717, 1.165) is 6.26 Å². The summed E-state index contributed by atoms with van der Waals surface area (Å²) in [5, 5.41) is 8.99. The second-order valence-corrected chi connectivity index (χ2v) is 6.39. The maximum atomic E-state index is 11.5. The molecule has 2 aromatic rings. The van der Waals surface area contributed by atoms with E-state index in [9.17, 15) is 13.2 Å². The van der Waals surface area contributed by atoms with Crippen LogP contribution in [-0.4, -0.2) is 25.7 Å². The molecule has 0 aliphatic rings. The summed E-state index contributed by atoms with van der Waals surface area (Å²) in [6, 6.07) is 10.2. The molecule has 0 fully saturated rings. The highest BCUT2D eigenvalue weighted by atomic mass is 32.2. The van der Waals surface area contributed by atoms with E-state index in [4.69, 9.17) is 15.6 Å². The Morgan fingerprint density at radius 2 is 1.86 bits per heavy atom. The van der Waals surface area contributed by atoms with Crippen molar-refractivity contribution in [3.8, 4) is 11.5 Å². The van der Waals surface area contributed by atoms with Crippen molar-refractivity contribution in [3.63, 3.8) is 0 Å². The summed E-state index contributed by atoms with van der Waals surface area (Å²) in [7, 11) is -3.35. The lowest BCUT2D eigenvalue weighted by Crippen LogP contribution is -2.04. The van der Waals surface area contributed by atoms with Crippen LogP contribution in [0, 0.1) is 0 Å². The van der Waals surface area contributed by atoms with Crippen molar-refractivity contribution in [2.24, 2.45) is 0 Å². The molecular formula is C14H13NO5S. The molecule has 0 unspecified atom stereocenters. The summed E-state index contributed by atoms with van der Waals surface area (Å²) in [6.45, 7) is 0. The average Bonchev–Trinajstić information content (AvgIpc) is 2.40. The molecule has 0 aliphatic heterocycles. The highest BCUT2D eigenvalue weighted by molar-refractivity contribution is 7.90. The molecule has 0 atom stereocenters. The molecular weight excluding hydrogens is 294 g/mol. The number of sulfone groups is 1. The first-order valence-electron chi connectivity index (χ1n) is 5.89. The van der Waals surface area contributed by atoms with E-state index >= 15 is 0 Å². The monoisotopic (exact) mass is 307 g/mol. The second kappa shape index (κ2) is 5.45. The van der Waals surface area contributed by atoms with E-state index < -0.39 is 15.8 Å². The molecule has 0 saturated carbocycles. The molecule has 2 aromatic carbocycles. The predicted molar refractivity (Wildman–Crippen MR) is 77.4 cm³/mol. The molecule has 0 amide bonds. The summed E-state index contributed by atoms with van der Waals surface area (Å²) in [6.07, 6.45) is 1.09. The van der Waals surface area contributed by atoms with Crippen LogP contribution in [0.4, 0.5) is 5.69 Å². The zero-order chi connectivity index (χ0) is 15.6. The van der Waals surface area contributed by atoms with Crippen LogP contribution in [0.2, 0.25) is 0 Å². The van der Waals surface area contributed by atoms with Gasteiger partial charge < -0.3 is 15.6 Å². The number of nitrogen functional groups attached to an aromatic ring is 1. The van der Waals surface area contributed by atoms with Crippen molar-refractivity contribution in [1.82, 2.24) is 0 Å². The maximum Gasteiger partial charge on any atom is 0.337 e. The lowest BCUT2D eigenvalue weighted by molar-refractivity contribution is 0.0697. The Morgan fingerprint density at radius 1 is 1.19 bits per heavy atom. The average molecular weight is 307 g/mol. The van der Waals surface area contributed by atoms with Gasteiger partial charge in [-0.3, -0.25) is 0 Å². The second-order valence-electron chi connectivity index (χ2n) is 4.37. The molecule has 0 spiro atoms. The van der Waals surface area contributed by atoms with Gasteiger partial charge in [-0.1, -0.05) is 12.1 Å². The highest BCUT2D eigenvalue weighted by Crippen LogP contribution is 2.30. The van der Waals surface area contributed by atoms with E-state index in [-0.39, 0.29) is 27.6 Å². The standard InChI is InChI=1S/C14H13NO5S/c1-21(18,19)10-5-2-4-9(8-10)20-12-7-3-6-11(13(12)15)14(16)17/h2-8H,15H2,1H3,(H,16,17). The number of carboxylic acids is 1. The largest absolute Gasteiger partial charge is 0.478 e. The van der Waals surface area contributed by atoms with Crippen LogP contribution in [0.15, 0.2) is 47.4 Å². The van der Waals surface area contributed by atoms with E-state index in [0.29, 0.717) is 0 Å². The number of anilines is 1. The number of carboxylic acid groups (broad SMARTS) is 1. The van der Waals surface area contributed by atoms with Crippen LogP contribution in [0.3, 0.4) is 0 Å². The minimum Gasteiger partial charge on any atom is -0.478 e. The van der Waals surface area contributed by atoms with E-state index in [1.54, 1.807) is 6.07 Å². The zero-order valence-corrected chi connectivity index (χ0v) is 11.9. The molecule has 0 bridgehead atoms. The number of para-hydroxylation sites is 1. The molecule has 0 saturated heterocycles. The molecule has 110 valence electrons. The number of benzene rings is 2. The van der Waals surface area contributed by atoms with Gasteiger partial charge in [0, 0.05) is 6.26 Å². The Bertz CT molecular complexity index is 799. The third kappa shape index (κ3) is 3.32. The first kappa shape index (κ1) is 14.9. The number of hydrogen-bond acceptors (Lipinski definition) is 5. The Balaban J connectivity index is 2.40. The van der Waals surface area contributed by atoms with Gasteiger partial charge in [-0.25, -0.2) is 13.2 Å². The number of hydrogen-bond donors (Lipinski definition) is 2.